The summed E-state index contributed by atoms with van der Waals surface area (Å²) in [4.78, 5) is 62.1. The van der Waals surface area contributed by atoms with Crippen LogP contribution in [-0.4, -0.2) is 91.8 Å². The molecule has 0 radical (unpaired) electrons. The molecule has 1 saturated heterocycles. The summed E-state index contributed by atoms with van der Waals surface area (Å²) >= 11 is 0. The monoisotopic (exact) mass is 494 g/mol. The highest BCUT2D eigenvalue weighted by molar-refractivity contribution is 5.95. The maximum atomic E-state index is 13.4. The van der Waals surface area contributed by atoms with E-state index in [-0.39, 0.29) is 25.1 Å². The van der Waals surface area contributed by atoms with E-state index in [1.165, 1.54) is 24.0 Å². The van der Waals surface area contributed by atoms with Gasteiger partial charge in [0.1, 0.15) is 29.9 Å². The Labute approximate surface area is 200 Å². The minimum Gasteiger partial charge on any atom is -0.508 e. The van der Waals surface area contributed by atoms with E-state index in [0.29, 0.717) is 12.0 Å². The Hall–Kier alpha value is -3.71. The van der Waals surface area contributed by atoms with Gasteiger partial charge in [0.15, 0.2) is 0 Å². The second-order valence-corrected chi connectivity index (χ2v) is 8.39. The number of likely N-dealkylation sites (tertiary alicyclic amines) is 1. The van der Waals surface area contributed by atoms with Gasteiger partial charge in [-0.05, 0) is 37.5 Å². The van der Waals surface area contributed by atoms with E-state index in [2.05, 4.69) is 10.6 Å². The van der Waals surface area contributed by atoms with Crippen molar-refractivity contribution in [3.63, 3.8) is 0 Å². The molecule has 1 aromatic carbocycles. The summed E-state index contributed by atoms with van der Waals surface area (Å²) < 4.78 is 0. The average molecular weight is 495 g/mol. The van der Waals surface area contributed by atoms with E-state index < -0.39 is 66.4 Å². The van der Waals surface area contributed by atoms with Crippen LogP contribution in [0.1, 0.15) is 31.7 Å². The third-order valence-corrected chi connectivity index (χ3v) is 5.65. The number of aliphatic hydroxyl groups excluding tert-OH is 1. The zero-order chi connectivity index (χ0) is 26.3. The van der Waals surface area contributed by atoms with Crippen LogP contribution in [0.4, 0.5) is 0 Å². The van der Waals surface area contributed by atoms with Crippen molar-refractivity contribution in [1.82, 2.24) is 15.5 Å². The highest BCUT2D eigenvalue weighted by Crippen LogP contribution is 2.21. The van der Waals surface area contributed by atoms with Crippen LogP contribution in [-0.2, 0) is 30.4 Å². The lowest BCUT2D eigenvalue weighted by molar-refractivity contribution is -0.148. The number of carboxylic acids is 2. The van der Waals surface area contributed by atoms with Gasteiger partial charge in [-0.15, -0.1) is 0 Å². The van der Waals surface area contributed by atoms with Crippen molar-refractivity contribution in [2.45, 2.75) is 62.9 Å². The molecule has 13 heteroatoms. The quantitative estimate of drug-likeness (QED) is 0.182. The van der Waals surface area contributed by atoms with Crippen LogP contribution in [0.5, 0.6) is 5.75 Å². The van der Waals surface area contributed by atoms with Gasteiger partial charge in [0.25, 0.3) is 0 Å². The van der Waals surface area contributed by atoms with Gasteiger partial charge in [-0.1, -0.05) is 12.1 Å². The summed E-state index contributed by atoms with van der Waals surface area (Å²) in [5.41, 5.74) is 6.27. The first kappa shape index (κ1) is 27.5. The fraction of sp³-hybridized carbons (Fsp3) is 0.500. The molecule has 1 fully saturated rings. The van der Waals surface area contributed by atoms with E-state index in [9.17, 15) is 39.3 Å². The molecule has 0 spiro atoms. The van der Waals surface area contributed by atoms with E-state index in [1.54, 1.807) is 12.1 Å². The van der Waals surface area contributed by atoms with Crippen LogP contribution < -0.4 is 16.4 Å². The zero-order valence-corrected chi connectivity index (χ0v) is 19.1. The molecular weight excluding hydrogens is 464 g/mol. The van der Waals surface area contributed by atoms with E-state index >= 15 is 0 Å². The number of carboxylic acid groups (broad SMARTS) is 2. The van der Waals surface area contributed by atoms with Gasteiger partial charge in [-0.3, -0.25) is 19.2 Å². The molecule has 1 aliphatic rings. The number of phenolic OH excluding ortho intramolecular Hbond substituents is 1. The first-order valence-corrected chi connectivity index (χ1v) is 11.0. The predicted molar refractivity (Wildman–Crippen MR) is 120 cm³/mol. The number of rotatable bonds is 11. The van der Waals surface area contributed by atoms with Gasteiger partial charge in [0.05, 0.1) is 12.5 Å². The molecule has 1 heterocycles. The van der Waals surface area contributed by atoms with Crippen molar-refractivity contribution < 1.29 is 44.4 Å². The van der Waals surface area contributed by atoms with E-state index in [1.807, 2.05) is 0 Å². The van der Waals surface area contributed by atoms with E-state index in [0.717, 1.165) is 0 Å². The molecule has 13 nitrogen and oxygen atoms in total. The number of amides is 3. The Morgan fingerprint density at radius 3 is 2.26 bits per heavy atom. The Morgan fingerprint density at radius 2 is 1.71 bits per heavy atom. The molecule has 0 saturated carbocycles. The highest BCUT2D eigenvalue weighted by Gasteiger charge is 2.39. The predicted octanol–water partition coefficient (Wildman–Crippen LogP) is -1.84. The van der Waals surface area contributed by atoms with Crippen LogP contribution in [0, 0.1) is 0 Å². The number of hydrogen-bond donors (Lipinski definition) is 7. The highest BCUT2D eigenvalue weighted by atomic mass is 16.4. The SMILES string of the molecule is C[C@@H](O)[C@H](N)C(=O)N[C@@H](Cc1ccc(O)cc1)C(=O)N1CCC[C@H]1C(=O)N[C@@H](CC(=O)O)C(=O)O. The lowest BCUT2D eigenvalue weighted by Gasteiger charge is -2.30. The molecule has 5 atom stereocenters. The second kappa shape index (κ2) is 12.1. The zero-order valence-electron chi connectivity index (χ0n) is 19.1. The number of nitrogens with two attached hydrogens (primary N) is 1. The van der Waals surface area contributed by atoms with Crippen molar-refractivity contribution in [2.24, 2.45) is 5.73 Å². The van der Waals surface area contributed by atoms with Crippen LogP contribution in [0.3, 0.4) is 0 Å². The fourth-order valence-electron chi connectivity index (χ4n) is 3.70. The molecule has 1 aliphatic heterocycles. The summed E-state index contributed by atoms with van der Waals surface area (Å²) in [6.45, 7) is 1.47. The number of phenols is 1. The first-order chi connectivity index (χ1) is 16.4. The molecule has 1 aromatic rings. The van der Waals surface area contributed by atoms with Gasteiger partial charge in [0, 0.05) is 13.0 Å². The Balaban J connectivity index is 2.24. The number of carbonyl (C=O) groups excluding carboxylic acids is 3. The second-order valence-electron chi connectivity index (χ2n) is 8.39. The molecule has 8 N–H and O–H groups in total. The van der Waals surface area contributed by atoms with Crippen LogP contribution >= 0.6 is 0 Å². The van der Waals surface area contributed by atoms with Gasteiger partial charge in [-0.2, -0.15) is 0 Å². The molecule has 0 bridgehead atoms. The fourth-order valence-corrected chi connectivity index (χ4v) is 3.70. The minimum atomic E-state index is -1.67. The van der Waals surface area contributed by atoms with Gasteiger partial charge in [-0.25, -0.2) is 4.79 Å². The molecule has 35 heavy (non-hydrogen) atoms. The van der Waals surface area contributed by atoms with Gasteiger partial charge >= 0.3 is 11.9 Å². The molecule has 0 unspecified atom stereocenters. The van der Waals surface area contributed by atoms with Crippen molar-refractivity contribution in [1.29, 1.82) is 0 Å². The molecular formula is C22H30N4O9. The number of aliphatic hydroxyl groups is 1. The Kier molecular flexibility index (Phi) is 9.54. The third kappa shape index (κ3) is 7.65. The Bertz CT molecular complexity index is 951. The number of nitrogens with one attached hydrogen (secondary N) is 2. The van der Waals surface area contributed by atoms with Crippen molar-refractivity contribution in [2.75, 3.05) is 6.54 Å². The number of aromatic hydroxyl groups is 1. The summed E-state index contributed by atoms with van der Waals surface area (Å²) in [5.74, 6) is -5.18. The molecule has 0 aromatic heterocycles. The maximum absolute atomic E-state index is 13.4. The van der Waals surface area contributed by atoms with Gasteiger partial charge < -0.3 is 41.7 Å². The maximum Gasteiger partial charge on any atom is 0.326 e. The van der Waals surface area contributed by atoms with Crippen LogP contribution in [0.25, 0.3) is 0 Å². The van der Waals surface area contributed by atoms with Gasteiger partial charge in [0.2, 0.25) is 17.7 Å². The normalized spacial score (nSPS) is 18.7. The molecule has 2 rings (SSSR count). The van der Waals surface area contributed by atoms with Crippen LogP contribution in [0.2, 0.25) is 0 Å². The summed E-state index contributed by atoms with van der Waals surface area (Å²) in [7, 11) is 0. The van der Waals surface area contributed by atoms with Crippen LogP contribution in [0.15, 0.2) is 24.3 Å². The molecule has 0 aliphatic carbocycles. The molecule has 192 valence electrons. The number of benzene rings is 1. The topological polar surface area (TPSA) is 220 Å². The third-order valence-electron chi connectivity index (χ3n) is 5.65. The number of hydrogen-bond acceptors (Lipinski definition) is 8. The molecule has 3 amide bonds. The number of carbonyl (C=O) groups is 5. The van der Waals surface area contributed by atoms with Crippen molar-refractivity contribution in [3.05, 3.63) is 29.8 Å². The minimum absolute atomic E-state index is 0.00223. The summed E-state index contributed by atoms with van der Waals surface area (Å²) in [5, 5.41) is 41.9. The first-order valence-electron chi connectivity index (χ1n) is 11.0. The van der Waals surface area contributed by atoms with E-state index in [4.69, 9.17) is 10.8 Å². The summed E-state index contributed by atoms with van der Waals surface area (Å²) in [6, 6.07) is 0.676. The van der Waals surface area contributed by atoms with Crippen molar-refractivity contribution in [3.8, 4) is 5.75 Å². The lowest BCUT2D eigenvalue weighted by atomic mass is 10.0. The Morgan fingerprint density at radius 1 is 1.09 bits per heavy atom. The standard InChI is InChI=1S/C22H30N4O9/c1-11(27)18(23)20(32)24-14(9-12-4-6-13(28)7-5-12)21(33)26-8-2-3-16(26)19(31)25-15(22(34)35)10-17(29)30/h4-7,11,14-16,18,27-28H,2-3,8-10,23H2,1H3,(H,24,32)(H,25,31)(H,29,30)(H,34,35)/t11-,14+,15+,16+,18+/m1/s1. The lowest BCUT2D eigenvalue weighted by Crippen LogP contribution is -2.58. The van der Waals surface area contributed by atoms with Crippen molar-refractivity contribution >= 4 is 29.7 Å². The largest absolute Gasteiger partial charge is 0.508 e. The number of nitrogens with zero attached hydrogens (tertiary/aromatic N) is 1. The smallest absolute Gasteiger partial charge is 0.326 e. The number of aliphatic carboxylic acids is 2. The summed E-state index contributed by atoms with van der Waals surface area (Å²) in [6.07, 6.45) is -1.40. The average Bonchev–Trinajstić information content (AvgIpc) is 3.28.